The van der Waals surface area contributed by atoms with Crippen LogP contribution in [0, 0.1) is 0 Å². The molecule has 0 atom stereocenters. The summed E-state index contributed by atoms with van der Waals surface area (Å²) in [6, 6.07) is 59.1. The molecule has 0 amide bonds. The van der Waals surface area contributed by atoms with E-state index < -0.39 is 48.3 Å². The van der Waals surface area contributed by atoms with Crippen molar-refractivity contribution in [1.82, 2.24) is 0 Å². The molecule has 0 bridgehead atoms. The lowest BCUT2D eigenvalue weighted by molar-refractivity contribution is 0.669. The highest BCUT2D eigenvalue weighted by Crippen LogP contribution is 2.51. The van der Waals surface area contributed by atoms with Crippen LogP contribution >= 0.6 is 0 Å². The van der Waals surface area contributed by atoms with Gasteiger partial charge in [0, 0.05) is 54.2 Å². The van der Waals surface area contributed by atoms with Crippen LogP contribution in [0.25, 0.3) is 208 Å². The maximum absolute atomic E-state index is 9.50. The van der Waals surface area contributed by atoms with Crippen LogP contribution in [0.1, 0.15) is 21.9 Å². The first-order chi connectivity index (χ1) is 52.3. The predicted molar refractivity (Wildman–Crippen MR) is 386 cm³/mol. The van der Waals surface area contributed by atoms with E-state index in [4.69, 9.17) is 28.6 Å². The Morgan fingerprint density at radius 3 is 1.23 bits per heavy atom. The Balaban J connectivity index is 0.000000143. The van der Waals surface area contributed by atoms with Gasteiger partial charge < -0.3 is 17.7 Å². The van der Waals surface area contributed by atoms with Crippen LogP contribution in [0.3, 0.4) is 0 Å². The first kappa shape index (κ1) is 37.6. The highest BCUT2D eigenvalue weighted by atomic mass is 16.3. The molecule has 4 nitrogen and oxygen atoms in total. The minimum atomic E-state index is -0.457. The van der Waals surface area contributed by atoms with Crippen LogP contribution in [0.4, 0.5) is 0 Å². The van der Waals surface area contributed by atoms with E-state index in [2.05, 4.69) is 18.2 Å². The third-order valence-corrected chi connectivity index (χ3v) is 18.4. The maximum Gasteiger partial charge on any atom is 0.143 e. The summed E-state index contributed by atoms with van der Waals surface area (Å²) >= 11 is 0. The first-order valence-corrected chi connectivity index (χ1v) is 30.1. The molecule has 0 saturated heterocycles. The molecule has 17 aromatic carbocycles. The molecule has 4 heteroatoms. The molecule has 0 radical (unpaired) electrons. The number of hydrogen-bond acceptors (Lipinski definition) is 4. The molecule has 92 heavy (non-hydrogen) atoms. The quantitative estimate of drug-likeness (QED) is 0.165. The zero-order valence-electron chi connectivity index (χ0n) is 64.3. The average molecular weight is 1190 g/mol. The van der Waals surface area contributed by atoms with Crippen molar-refractivity contribution in [3.63, 3.8) is 0 Å². The maximum atomic E-state index is 9.50. The van der Waals surface area contributed by atoms with Gasteiger partial charge in [-0.05, 0) is 169 Å². The van der Waals surface area contributed by atoms with Crippen molar-refractivity contribution in [2.45, 2.75) is 0 Å². The Labute approximate surface area is 548 Å². The molecule has 426 valence electrons. The van der Waals surface area contributed by atoms with Gasteiger partial charge in [-0.25, -0.2) is 0 Å². The summed E-state index contributed by atoms with van der Waals surface area (Å²) in [5, 5.41) is 13.7. The van der Waals surface area contributed by atoms with E-state index >= 15 is 0 Å². The normalized spacial score (nSPS) is 14.6. The van der Waals surface area contributed by atoms with Gasteiger partial charge in [0.05, 0.1) is 21.9 Å². The van der Waals surface area contributed by atoms with Crippen LogP contribution < -0.4 is 0 Å². The lowest BCUT2D eigenvalue weighted by Crippen LogP contribution is -1.92. The Hall–Kier alpha value is -12.2. The second-order valence-corrected chi connectivity index (χ2v) is 23.2. The topological polar surface area (TPSA) is 52.6 Å². The third kappa shape index (κ3) is 7.46. The number of para-hydroxylation sites is 3. The van der Waals surface area contributed by atoms with E-state index in [1.165, 1.54) is 0 Å². The van der Waals surface area contributed by atoms with Gasteiger partial charge in [0.1, 0.15) is 44.7 Å². The van der Waals surface area contributed by atoms with Crippen LogP contribution in [-0.4, -0.2) is 0 Å². The predicted octanol–water partition coefficient (Wildman–Crippen LogP) is 25.7. The van der Waals surface area contributed by atoms with E-state index in [0.29, 0.717) is 66.9 Å². The molecule has 4 aromatic heterocycles. The molecular weight excluding hydrogens is 1120 g/mol. The molecule has 0 aliphatic rings. The highest BCUT2D eigenvalue weighted by Gasteiger charge is 2.25. The van der Waals surface area contributed by atoms with Gasteiger partial charge in [0.2, 0.25) is 0 Å². The fourth-order valence-corrected chi connectivity index (χ4v) is 14.4. The fraction of sp³-hybridized carbons (Fsp3) is 0. The average Bonchev–Trinajstić information content (AvgIpc) is 0.843. The summed E-state index contributed by atoms with van der Waals surface area (Å²) in [4.78, 5) is 0. The fourth-order valence-electron chi connectivity index (χ4n) is 14.4. The van der Waals surface area contributed by atoms with Crippen molar-refractivity contribution in [3.05, 3.63) is 303 Å². The zero-order chi connectivity index (χ0) is 74.0. The Morgan fingerprint density at radius 1 is 0.207 bits per heavy atom. The van der Waals surface area contributed by atoms with Crippen LogP contribution in [-0.2, 0) is 0 Å². The number of benzene rings is 17. The standard InChI is InChI=1S/C46H26O2.C42H24O2/c1-2-12-29-27(11-1)22-24-40-45(29)46-33-15-4-3-13-30(33)38(26-42(46)48-40)44-36-18-7-5-16-34(36)43(35-17-6-8-19-37(35)44)28-21-23-32-31-14-9-10-20-39(31)47-41(32)25-28;1-2-11-26-23-39-36(22-25(26)10-1)29-21-20-27(24-38(29)43-39)40-30-13-3-5-15-32(30)41(33-16-6-4-14-31(33)40)35-18-9-17-34-28-12-7-8-19-37(28)44-42(34)35/h1-26H;1-24H/i5D,6D,7D,8D,16D,17D,18D,19D;3D,4D,5D,6D,13D,14D,15D,16D. The number of hydrogen-bond donors (Lipinski definition) is 0. The number of rotatable bonds is 4. The van der Waals surface area contributed by atoms with E-state index in [0.717, 1.165) is 75.4 Å². The van der Waals surface area contributed by atoms with Gasteiger partial charge >= 0.3 is 0 Å². The van der Waals surface area contributed by atoms with Crippen molar-refractivity contribution >= 4 is 163 Å². The summed E-state index contributed by atoms with van der Waals surface area (Å²) in [6.07, 6.45) is 0. The lowest BCUT2D eigenvalue weighted by Gasteiger charge is -2.19. The van der Waals surface area contributed by atoms with Gasteiger partial charge in [-0.1, -0.05) is 242 Å². The minimum absolute atomic E-state index is 0.127. The summed E-state index contributed by atoms with van der Waals surface area (Å²) in [6.45, 7) is 0. The smallest absolute Gasteiger partial charge is 0.143 e. The van der Waals surface area contributed by atoms with Crippen molar-refractivity contribution in [2.24, 2.45) is 0 Å². The Morgan fingerprint density at radius 2 is 0.620 bits per heavy atom. The molecule has 21 aromatic rings. The zero-order valence-corrected chi connectivity index (χ0v) is 48.3. The summed E-state index contributed by atoms with van der Waals surface area (Å²) in [5.74, 6) is 0. The monoisotopic (exact) mass is 1190 g/mol. The van der Waals surface area contributed by atoms with Crippen LogP contribution in [0.5, 0.6) is 0 Å². The molecule has 0 N–H and O–H groups in total. The molecule has 4 heterocycles. The molecule has 0 aliphatic carbocycles. The summed E-state index contributed by atoms with van der Waals surface area (Å²) < 4.78 is 172. The molecule has 0 saturated carbocycles. The van der Waals surface area contributed by atoms with Gasteiger partial charge in [-0.2, -0.15) is 0 Å². The van der Waals surface area contributed by atoms with E-state index in [1.54, 1.807) is 18.2 Å². The van der Waals surface area contributed by atoms with Crippen molar-refractivity contribution < 1.29 is 39.6 Å². The van der Waals surface area contributed by atoms with Gasteiger partial charge in [0.15, 0.2) is 0 Å². The molecular formula is C88H50O4. The van der Waals surface area contributed by atoms with Crippen LogP contribution in [0.15, 0.2) is 321 Å². The van der Waals surface area contributed by atoms with Gasteiger partial charge in [-0.15, -0.1) is 0 Å². The van der Waals surface area contributed by atoms with Crippen molar-refractivity contribution in [2.75, 3.05) is 0 Å². The third-order valence-electron chi connectivity index (χ3n) is 18.4. The number of furan rings is 4. The molecule has 0 aliphatic heterocycles. The molecule has 21 rings (SSSR count). The van der Waals surface area contributed by atoms with E-state index in [1.807, 2.05) is 170 Å². The SMILES string of the molecule is [2H]c1c([2H])c([2H])c2c(-c3cc4oc5ccc6ccccc6c5c4c4ccccc34)c3c([2H])c([2H])c([2H])c([2H])c3c(-c3ccc4c(c3)oc3ccccc34)c2c1[2H].[2H]c1c([2H])c([2H])c2c(-c3cccc4c3oc3ccccc34)c3c([2H])c([2H])c([2H])c([2H])c3c(-c3ccc4c(c3)oc3cc5ccccc5cc34)c2c1[2H]. The summed E-state index contributed by atoms with van der Waals surface area (Å²) in [5.41, 5.74) is 7.65. The van der Waals surface area contributed by atoms with E-state index in [-0.39, 0.29) is 114 Å². The van der Waals surface area contributed by atoms with E-state index in [9.17, 15) is 11.0 Å². The Kier molecular flexibility index (Phi) is 8.02. The lowest BCUT2D eigenvalue weighted by atomic mass is 9.84. The molecule has 0 unspecified atom stereocenters. The number of fused-ring (bicyclic) bond motifs is 21. The molecule has 0 spiro atoms. The second kappa shape index (κ2) is 19.6. The minimum Gasteiger partial charge on any atom is -0.456 e. The van der Waals surface area contributed by atoms with Crippen molar-refractivity contribution in [1.29, 1.82) is 0 Å². The highest BCUT2D eigenvalue weighted by molar-refractivity contribution is 6.32. The van der Waals surface area contributed by atoms with Gasteiger partial charge in [-0.3, -0.25) is 0 Å². The van der Waals surface area contributed by atoms with Crippen molar-refractivity contribution in [3.8, 4) is 44.5 Å². The molecule has 0 fully saturated rings. The Bertz CT molecular complexity index is 7560. The van der Waals surface area contributed by atoms with Crippen LogP contribution in [0.2, 0.25) is 0 Å². The largest absolute Gasteiger partial charge is 0.456 e. The first-order valence-electron chi connectivity index (χ1n) is 38.1. The van der Waals surface area contributed by atoms with Gasteiger partial charge in [0.25, 0.3) is 0 Å². The second-order valence-electron chi connectivity index (χ2n) is 23.2. The summed E-state index contributed by atoms with van der Waals surface area (Å²) in [7, 11) is 0.